The minimum Gasteiger partial charge on any atom is -0.341 e. The summed E-state index contributed by atoms with van der Waals surface area (Å²) >= 11 is 0. The Morgan fingerprint density at radius 2 is 1.64 bits per heavy atom. The number of benzene rings is 1. The molecule has 6 nitrogen and oxygen atoms in total. The highest BCUT2D eigenvalue weighted by molar-refractivity contribution is 5.89. The standard InChI is InChI=1S/C22H29N5O/c28-22(25-19-8-3-1-4-9-19)27-15-6-2-5-10-20(27)18-11-16-26(17-12-18)21-23-13-7-14-24-21/h1,3-4,7-9,13-14,18,20H,2,5-6,10-12,15-17H2,(H,25,28). The first-order valence-corrected chi connectivity index (χ1v) is 10.5. The number of hydrogen-bond acceptors (Lipinski definition) is 4. The fraction of sp³-hybridized carbons (Fsp3) is 0.500. The first-order valence-electron chi connectivity index (χ1n) is 10.5. The van der Waals surface area contributed by atoms with Crippen molar-refractivity contribution in [2.75, 3.05) is 29.9 Å². The summed E-state index contributed by atoms with van der Waals surface area (Å²) < 4.78 is 0. The molecule has 148 valence electrons. The number of para-hydroxylation sites is 1. The molecule has 0 bridgehead atoms. The Morgan fingerprint density at radius 3 is 2.39 bits per heavy atom. The Bertz CT molecular complexity index is 746. The highest BCUT2D eigenvalue weighted by Gasteiger charge is 2.34. The van der Waals surface area contributed by atoms with E-state index in [1.165, 1.54) is 12.8 Å². The van der Waals surface area contributed by atoms with Crippen LogP contribution in [0.15, 0.2) is 48.8 Å². The van der Waals surface area contributed by atoms with Gasteiger partial charge in [0.1, 0.15) is 0 Å². The molecule has 1 unspecified atom stereocenters. The van der Waals surface area contributed by atoms with Crippen molar-refractivity contribution in [3.8, 4) is 0 Å². The summed E-state index contributed by atoms with van der Waals surface area (Å²) in [5.74, 6) is 1.36. The molecule has 2 aliphatic rings. The molecule has 0 saturated carbocycles. The molecule has 1 aromatic heterocycles. The number of nitrogens with zero attached hydrogens (tertiary/aromatic N) is 4. The third-order valence-electron chi connectivity index (χ3n) is 6.00. The van der Waals surface area contributed by atoms with E-state index in [0.29, 0.717) is 12.0 Å². The molecule has 1 atom stereocenters. The average Bonchev–Trinajstić information content (AvgIpc) is 3.01. The van der Waals surface area contributed by atoms with Gasteiger partial charge in [0, 0.05) is 43.8 Å². The SMILES string of the molecule is O=C(Nc1ccccc1)N1CCCCCC1C1CCN(c2ncccn2)CC1. The second-order valence-electron chi connectivity index (χ2n) is 7.78. The normalized spacial score (nSPS) is 21.2. The molecule has 2 fully saturated rings. The van der Waals surface area contributed by atoms with Crippen LogP contribution in [0.4, 0.5) is 16.4 Å². The lowest BCUT2D eigenvalue weighted by molar-refractivity contribution is 0.146. The van der Waals surface area contributed by atoms with Crippen LogP contribution in [0.1, 0.15) is 38.5 Å². The summed E-state index contributed by atoms with van der Waals surface area (Å²) in [5.41, 5.74) is 0.867. The molecule has 1 aromatic carbocycles. The molecule has 0 spiro atoms. The van der Waals surface area contributed by atoms with Gasteiger partial charge < -0.3 is 15.1 Å². The van der Waals surface area contributed by atoms with Gasteiger partial charge in [-0.1, -0.05) is 31.0 Å². The van der Waals surface area contributed by atoms with Crippen molar-refractivity contribution in [2.24, 2.45) is 5.92 Å². The predicted molar refractivity (Wildman–Crippen MR) is 111 cm³/mol. The van der Waals surface area contributed by atoms with E-state index in [1.54, 1.807) is 12.4 Å². The van der Waals surface area contributed by atoms with Crippen molar-refractivity contribution in [1.29, 1.82) is 0 Å². The molecular formula is C22H29N5O. The average molecular weight is 380 g/mol. The van der Waals surface area contributed by atoms with Crippen molar-refractivity contribution in [2.45, 2.75) is 44.6 Å². The summed E-state index contributed by atoms with van der Waals surface area (Å²) in [6.07, 6.45) is 10.4. The lowest BCUT2D eigenvalue weighted by atomic mass is 9.86. The Morgan fingerprint density at radius 1 is 0.893 bits per heavy atom. The maximum atomic E-state index is 13.0. The van der Waals surface area contributed by atoms with Crippen LogP contribution in [-0.2, 0) is 0 Å². The van der Waals surface area contributed by atoms with E-state index >= 15 is 0 Å². The number of aromatic nitrogens is 2. The number of anilines is 2. The summed E-state index contributed by atoms with van der Waals surface area (Å²) in [5, 5.41) is 3.10. The van der Waals surface area contributed by atoms with E-state index in [2.05, 4.69) is 25.1 Å². The summed E-state index contributed by atoms with van der Waals surface area (Å²) in [6, 6.07) is 12.0. The second-order valence-corrected chi connectivity index (χ2v) is 7.78. The van der Waals surface area contributed by atoms with Crippen LogP contribution in [-0.4, -0.2) is 46.6 Å². The molecule has 28 heavy (non-hydrogen) atoms. The van der Waals surface area contributed by atoms with Crippen molar-refractivity contribution in [3.05, 3.63) is 48.8 Å². The quantitative estimate of drug-likeness (QED) is 0.869. The lowest BCUT2D eigenvalue weighted by Gasteiger charge is -2.40. The number of piperidine rings is 1. The summed E-state index contributed by atoms with van der Waals surface area (Å²) in [6.45, 7) is 2.77. The van der Waals surface area contributed by atoms with Crippen molar-refractivity contribution in [1.82, 2.24) is 14.9 Å². The van der Waals surface area contributed by atoms with Gasteiger partial charge in [-0.15, -0.1) is 0 Å². The van der Waals surface area contributed by atoms with Crippen LogP contribution in [0.3, 0.4) is 0 Å². The zero-order valence-corrected chi connectivity index (χ0v) is 16.3. The van der Waals surface area contributed by atoms with Gasteiger partial charge in [-0.3, -0.25) is 0 Å². The van der Waals surface area contributed by atoms with Crippen LogP contribution in [0.25, 0.3) is 0 Å². The number of nitrogens with one attached hydrogen (secondary N) is 1. The van der Waals surface area contributed by atoms with Gasteiger partial charge in [-0.25, -0.2) is 14.8 Å². The minimum atomic E-state index is 0.0481. The molecule has 6 heteroatoms. The van der Waals surface area contributed by atoms with Gasteiger partial charge in [0.25, 0.3) is 0 Å². The molecule has 3 heterocycles. The molecule has 0 aliphatic carbocycles. The van der Waals surface area contributed by atoms with Crippen molar-refractivity contribution >= 4 is 17.7 Å². The van der Waals surface area contributed by atoms with Gasteiger partial charge in [0.15, 0.2) is 0 Å². The zero-order chi connectivity index (χ0) is 19.2. The lowest BCUT2D eigenvalue weighted by Crippen LogP contribution is -2.49. The molecule has 2 aliphatic heterocycles. The van der Waals surface area contributed by atoms with Gasteiger partial charge in [-0.05, 0) is 49.8 Å². The van der Waals surface area contributed by atoms with E-state index in [-0.39, 0.29) is 6.03 Å². The minimum absolute atomic E-state index is 0.0481. The van der Waals surface area contributed by atoms with Crippen molar-refractivity contribution in [3.63, 3.8) is 0 Å². The number of carbonyl (C=O) groups is 1. The molecule has 1 N–H and O–H groups in total. The van der Waals surface area contributed by atoms with E-state index in [1.807, 2.05) is 36.4 Å². The third-order valence-corrected chi connectivity index (χ3v) is 6.00. The predicted octanol–water partition coefficient (Wildman–Crippen LogP) is 4.17. The largest absolute Gasteiger partial charge is 0.341 e. The monoisotopic (exact) mass is 379 g/mol. The Hall–Kier alpha value is -2.63. The molecule has 0 radical (unpaired) electrons. The maximum absolute atomic E-state index is 13.0. The zero-order valence-electron chi connectivity index (χ0n) is 16.3. The number of rotatable bonds is 3. The number of hydrogen-bond donors (Lipinski definition) is 1. The summed E-state index contributed by atoms with van der Waals surface area (Å²) in [7, 11) is 0. The number of amides is 2. The molecule has 2 amide bonds. The Labute approximate surface area is 167 Å². The fourth-order valence-corrected chi connectivity index (χ4v) is 4.53. The number of carbonyl (C=O) groups excluding carboxylic acids is 1. The molecule has 2 saturated heterocycles. The molecule has 4 rings (SSSR count). The van der Waals surface area contributed by atoms with Crippen LogP contribution < -0.4 is 10.2 Å². The van der Waals surface area contributed by atoms with Crippen LogP contribution in [0.2, 0.25) is 0 Å². The van der Waals surface area contributed by atoms with Gasteiger partial charge in [0.2, 0.25) is 5.95 Å². The maximum Gasteiger partial charge on any atom is 0.322 e. The Kier molecular flexibility index (Phi) is 6.04. The third kappa shape index (κ3) is 4.43. The molecule has 2 aromatic rings. The van der Waals surface area contributed by atoms with E-state index in [0.717, 1.165) is 57.0 Å². The highest BCUT2D eigenvalue weighted by Crippen LogP contribution is 2.31. The van der Waals surface area contributed by atoms with Crippen LogP contribution >= 0.6 is 0 Å². The van der Waals surface area contributed by atoms with E-state index in [4.69, 9.17) is 0 Å². The number of urea groups is 1. The van der Waals surface area contributed by atoms with Crippen LogP contribution in [0, 0.1) is 5.92 Å². The van der Waals surface area contributed by atoms with Crippen molar-refractivity contribution < 1.29 is 4.79 Å². The molecular weight excluding hydrogens is 350 g/mol. The van der Waals surface area contributed by atoms with E-state index in [9.17, 15) is 4.79 Å². The number of likely N-dealkylation sites (tertiary alicyclic amines) is 1. The van der Waals surface area contributed by atoms with Gasteiger partial charge in [-0.2, -0.15) is 0 Å². The van der Waals surface area contributed by atoms with Gasteiger partial charge in [0.05, 0.1) is 0 Å². The van der Waals surface area contributed by atoms with Crippen LogP contribution in [0.5, 0.6) is 0 Å². The second kappa shape index (κ2) is 9.04. The summed E-state index contributed by atoms with van der Waals surface area (Å²) in [4.78, 5) is 26.2. The van der Waals surface area contributed by atoms with E-state index < -0.39 is 0 Å². The fourth-order valence-electron chi connectivity index (χ4n) is 4.53. The topological polar surface area (TPSA) is 61.4 Å². The first-order chi connectivity index (χ1) is 13.8. The Balaban J connectivity index is 1.41. The first kappa shape index (κ1) is 18.7. The smallest absolute Gasteiger partial charge is 0.322 e. The van der Waals surface area contributed by atoms with Gasteiger partial charge >= 0.3 is 6.03 Å². The highest BCUT2D eigenvalue weighted by atomic mass is 16.2.